The van der Waals surface area contributed by atoms with Gasteiger partial charge >= 0.3 is 0 Å². The van der Waals surface area contributed by atoms with Crippen molar-refractivity contribution in [1.29, 1.82) is 0 Å². The number of carbonyl (C=O) groups excluding carboxylic acids is 2. The van der Waals surface area contributed by atoms with Crippen LogP contribution in [0.3, 0.4) is 0 Å². The van der Waals surface area contributed by atoms with Crippen molar-refractivity contribution in [2.45, 2.75) is 59.0 Å². The summed E-state index contributed by atoms with van der Waals surface area (Å²) in [6, 6.07) is 5.57. The minimum Gasteiger partial charge on any atom is -0.493 e. The standard InChI is InChI=1S/C26H35ClN4O4/c1-17-11-21(12-18(2)24(17)27)35-16-26(14-23(33)30-9-5-20(32)6-10-30)7-4-8-31(15-26)25(34)22-13-19(3)28-29-22/h11-13,20,32H,4-10,14-16H2,1-3H3,(H,28,29). The highest BCUT2D eigenvalue weighted by atomic mass is 35.5. The molecule has 1 atom stereocenters. The molecule has 8 nitrogen and oxygen atoms in total. The SMILES string of the molecule is Cc1cc(C(=O)N2CCCC(COc3cc(C)c(Cl)c(C)c3)(CC(=O)N3CCC(O)CC3)C2)n[nH]1. The molecule has 1 aromatic heterocycles. The van der Waals surface area contributed by atoms with E-state index in [1.54, 1.807) is 11.0 Å². The number of nitrogens with one attached hydrogen (secondary N) is 1. The number of ether oxygens (including phenoxy) is 1. The van der Waals surface area contributed by atoms with Crippen LogP contribution in [0.15, 0.2) is 18.2 Å². The smallest absolute Gasteiger partial charge is 0.274 e. The molecule has 1 unspecified atom stereocenters. The number of hydrogen-bond donors (Lipinski definition) is 2. The van der Waals surface area contributed by atoms with Crippen molar-refractivity contribution in [1.82, 2.24) is 20.0 Å². The van der Waals surface area contributed by atoms with E-state index in [1.165, 1.54) is 0 Å². The Hall–Kier alpha value is -2.58. The first-order chi connectivity index (χ1) is 16.7. The molecule has 2 amide bonds. The Balaban J connectivity index is 1.54. The average molecular weight is 503 g/mol. The number of nitrogens with zero attached hydrogens (tertiary/aromatic N) is 3. The Morgan fingerprint density at radius 3 is 2.46 bits per heavy atom. The predicted octanol–water partition coefficient (Wildman–Crippen LogP) is 3.66. The lowest BCUT2D eigenvalue weighted by Crippen LogP contribution is -2.51. The van der Waals surface area contributed by atoms with Gasteiger partial charge in [0, 0.05) is 48.7 Å². The largest absolute Gasteiger partial charge is 0.493 e. The molecule has 35 heavy (non-hydrogen) atoms. The molecule has 2 fully saturated rings. The van der Waals surface area contributed by atoms with Gasteiger partial charge in [-0.15, -0.1) is 0 Å². The summed E-state index contributed by atoms with van der Waals surface area (Å²) >= 11 is 6.33. The Morgan fingerprint density at radius 2 is 1.83 bits per heavy atom. The number of aryl methyl sites for hydroxylation is 3. The maximum absolute atomic E-state index is 13.3. The van der Waals surface area contributed by atoms with Crippen LogP contribution in [0.4, 0.5) is 0 Å². The molecule has 3 heterocycles. The number of aromatic nitrogens is 2. The van der Waals surface area contributed by atoms with Gasteiger partial charge < -0.3 is 19.6 Å². The van der Waals surface area contributed by atoms with E-state index in [2.05, 4.69) is 10.2 Å². The van der Waals surface area contributed by atoms with Crippen molar-refractivity contribution < 1.29 is 19.4 Å². The van der Waals surface area contributed by atoms with Crippen molar-refractivity contribution in [3.8, 4) is 5.75 Å². The fourth-order valence-electron chi connectivity index (χ4n) is 5.16. The second-order valence-corrected chi connectivity index (χ2v) is 10.6. The van der Waals surface area contributed by atoms with Crippen LogP contribution in [-0.4, -0.2) is 75.8 Å². The van der Waals surface area contributed by atoms with Crippen molar-refractivity contribution in [2.75, 3.05) is 32.8 Å². The van der Waals surface area contributed by atoms with Gasteiger partial charge in [-0.2, -0.15) is 5.10 Å². The zero-order valence-corrected chi connectivity index (χ0v) is 21.5. The highest BCUT2D eigenvalue weighted by Crippen LogP contribution is 2.37. The first kappa shape index (κ1) is 25.5. The number of H-pyrrole nitrogens is 1. The van der Waals surface area contributed by atoms with E-state index in [0.29, 0.717) is 57.1 Å². The summed E-state index contributed by atoms with van der Waals surface area (Å²) < 4.78 is 6.28. The number of hydrogen-bond acceptors (Lipinski definition) is 5. The molecule has 2 aliphatic rings. The minimum absolute atomic E-state index is 0.0499. The highest BCUT2D eigenvalue weighted by molar-refractivity contribution is 6.32. The molecule has 0 saturated carbocycles. The quantitative estimate of drug-likeness (QED) is 0.628. The molecular formula is C26H35ClN4O4. The van der Waals surface area contributed by atoms with Crippen LogP contribution >= 0.6 is 11.6 Å². The van der Waals surface area contributed by atoms with Gasteiger partial charge in [0.05, 0.1) is 12.7 Å². The first-order valence-corrected chi connectivity index (χ1v) is 12.7. The Labute approximate surface area is 211 Å². The minimum atomic E-state index is -0.520. The predicted molar refractivity (Wildman–Crippen MR) is 134 cm³/mol. The second-order valence-electron chi connectivity index (χ2n) is 10.2. The molecule has 2 aromatic rings. The lowest BCUT2D eigenvalue weighted by Gasteiger charge is -2.43. The number of amides is 2. The van der Waals surface area contributed by atoms with E-state index < -0.39 is 5.41 Å². The van der Waals surface area contributed by atoms with E-state index in [4.69, 9.17) is 16.3 Å². The summed E-state index contributed by atoms with van der Waals surface area (Å²) in [5.41, 5.74) is 2.57. The fraction of sp³-hybridized carbons (Fsp3) is 0.577. The Morgan fingerprint density at radius 1 is 1.14 bits per heavy atom. The lowest BCUT2D eigenvalue weighted by atomic mass is 9.77. The Bertz CT molecular complexity index is 1060. The van der Waals surface area contributed by atoms with E-state index >= 15 is 0 Å². The summed E-state index contributed by atoms with van der Waals surface area (Å²) in [7, 11) is 0. The molecule has 0 bridgehead atoms. The normalized spacial score (nSPS) is 21.3. The highest BCUT2D eigenvalue weighted by Gasteiger charge is 2.41. The van der Waals surface area contributed by atoms with Gasteiger partial charge in [-0.1, -0.05) is 11.6 Å². The van der Waals surface area contributed by atoms with Gasteiger partial charge in [0.2, 0.25) is 5.91 Å². The van der Waals surface area contributed by atoms with Crippen LogP contribution < -0.4 is 4.74 Å². The number of halogens is 1. The molecular weight excluding hydrogens is 468 g/mol. The van der Waals surface area contributed by atoms with Gasteiger partial charge in [0.1, 0.15) is 11.4 Å². The van der Waals surface area contributed by atoms with Crippen LogP contribution in [0.25, 0.3) is 0 Å². The van der Waals surface area contributed by atoms with Crippen LogP contribution in [-0.2, 0) is 4.79 Å². The number of carbonyl (C=O) groups is 2. The van der Waals surface area contributed by atoms with E-state index in [1.807, 2.05) is 37.8 Å². The lowest BCUT2D eigenvalue weighted by molar-refractivity contribution is -0.137. The molecule has 0 spiro atoms. The number of aromatic amines is 1. The summed E-state index contributed by atoms with van der Waals surface area (Å²) in [6.45, 7) is 8.23. The summed E-state index contributed by atoms with van der Waals surface area (Å²) in [4.78, 5) is 30.2. The summed E-state index contributed by atoms with van der Waals surface area (Å²) in [5, 5.41) is 17.5. The van der Waals surface area contributed by atoms with E-state index in [0.717, 1.165) is 34.7 Å². The van der Waals surface area contributed by atoms with E-state index in [-0.39, 0.29) is 24.3 Å². The molecule has 2 aliphatic heterocycles. The molecule has 4 rings (SSSR count). The zero-order valence-electron chi connectivity index (χ0n) is 20.8. The fourth-order valence-corrected chi connectivity index (χ4v) is 5.27. The van der Waals surface area contributed by atoms with Crippen LogP contribution in [0.2, 0.25) is 5.02 Å². The van der Waals surface area contributed by atoms with Crippen LogP contribution in [0.1, 0.15) is 59.4 Å². The number of likely N-dealkylation sites (tertiary alicyclic amines) is 2. The zero-order chi connectivity index (χ0) is 25.2. The van der Waals surface area contributed by atoms with Crippen molar-refractivity contribution >= 4 is 23.4 Å². The second kappa shape index (κ2) is 10.6. The van der Waals surface area contributed by atoms with Crippen molar-refractivity contribution in [3.05, 3.63) is 45.7 Å². The summed E-state index contributed by atoms with van der Waals surface area (Å²) in [6.07, 6.45) is 2.71. The molecule has 0 radical (unpaired) electrons. The third kappa shape index (κ3) is 5.98. The Kier molecular flexibility index (Phi) is 7.71. The number of piperidine rings is 2. The van der Waals surface area contributed by atoms with E-state index in [9.17, 15) is 14.7 Å². The number of rotatable bonds is 6. The van der Waals surface area contributed by atoms with Crippen LogP contribution in [0, 0.1) is 26.2 Å². The van der Waals surface area contributed by atoms with Crippen LogP contribution in [0.5, 0.6) is 5.75 Å². The molecule has 2 N–H and O–H groups in total. The van der Waals surface area contributed by atoms with Gasteiger partial charge in [0.15, 0.2) is 0 Å². The molecule has 9 heteroatoms. The van der Waals surface area contributed by atoms with Gasteiger partial charge in [-0.3, -0.25) is 14.7 Å². The third-order valence-electron chi connectivity index (χ3n) is 7.17. The maximum atomic E-state index is 13.3. The molecule has 2 saturated heterocycles. The molecule has 190 valence electrons. The number of aliphatic hydroxyl groups excluding tert-OH is 1. The number of aliphatic hydroxyl groups is 1. The van der Waals surface area contributed by atoms with Gasteiger partial charge in [0.25, 0.3) is 5.91 Å². The monoisotopic (exact) mass is 502 g/mol. The van der Waals surface area contributed by atoms with Gasteiger partial charge in [-0.05, 0) is 75.8 Å². The topological polar surface area (TPSA) is 98.8 Å². The summed E-state index contributed by atoms with van der Waals surface area (Å²) in [5.74, 6) is 0.628. The average Bonchev–Trinajstić information content (AvgIpc) is 3.27. The van der Waals surface area contributed by atoms with Crippen molar-refractivity contribution in [2.24, 2.45) is 5.41 Å². The molecule has 1 aromatic carbocycles. The maximum Gasteiger partial charge on any atom is 0.274 e. The van der Waals surface area contributed by atoms with Gasteiger partial charge in [-0.25, -0.2) is 0 Å². The molecule has 0 aliphatic carbocycles. The number of benzene rings is 1. The first-order valence-electron chi connectivity index (χ1n) is 12.3. The third-order valence-corrected chi connectivity index (χ3v) is 7.77. The van der Waals surface area contributed by atoms with Crippen molar-refractivity contribution in [3.63, 3.8) is 0 Å².